The first-order valence-electron chi connectivity index (χ1n) is 5.63. The fraction of sp³-hybridized carbons (Fsp3) is 0.231. The number of carbonyl (C=O) groups is 1. The molecule has 1 aromatic carbocycles. The van der Waals surface area contributed by atoms with Crippen LogP contribution in [0.5, 0.6) is 0 Å². The van der Waals surface area contributed by atoms with Crippen LogP contribution in [0.25, 0.3) is 11.0 Å². The molecule has 1 atom stereocenters. The zero-order chi connectivity index (χ0) is 13.1. The highest BCUT2D eigenvalue weighted by atomic mass is 16.4. The Morgan fingerprint density at radius 2 is 2.17 bits per heavy atom. The van der Waals surface area contributed by atoms with Crippen LogP contribution in [0.4, 0.5) is 0 Å². The Kier molecular flexibility index (Phi) is 3.43. The molecule has 0 saturated heterocycles. The fourth-order valence-electron chi connectivity index (χ4n) is 1.57. The van der Waals surface area contributed by atoms with Crippen molar-refractivity contribution in [1.29, 1.82) is 0 Å². The summed E-state index contributed by atoms with van der Waals surface area (Å²) in [4.78, 5) is 23.0. The first kappa shape index (κ1) is 12.3. The van der Waals surface area contributed by atoms with Crippen LogP contribution in [-0.2, 0) is 11.3 Å². The van der Waals surface area contributed by atoms with E-state index >= 15 is 0 Å². The molecule has 5 nitrogen and oxygen atoms in total. The maximum absolute atomic E-state index is 11.7. The molecule has 5 heteroatoms. The molecule has 0 aliphatic heterocycles. The van der Waals surface area contributed by atoms with Gasteiger partial charge in [0.2, 0.25) is 5.91 Å². The van der Waals surface area contributed by atoms with Crippen LogP contribution in [0.1, 0.15) is 12.5 Å². The molecule has 1 amide bonds. The highest BCUT2D eigenvalue weighted by molar-refractivity contribution is 5.81. The summed E-state index contributed by atoms with van der Waals surface area (Å²) in [7, 11) is 0. The quantitative estimate of drug-likeness (QED) is 0.783. The number of amides is 1. The van der Waals surface area contributed by atoms with E-state index < -0.39 is 11.7 Å². The third kappa shape index (κ3) is 2.57. The Labute approximate surface area is 104 Å². The number of carbonyl (C=O) groups excluding carboxylic acids is 1. The summed E-state index contributed by atoms with van der Waals surface area (Å²) in [6, 6.07) is 8.33. The van der Waals surface area contributed by atoms with Gasteiger partial charge in [-0.2, -0.15) is 0 Å². The van der Waals surface area contributed by atoms with Crippen LogP contribution in [0, 0.1) is 0 Å². The maximum Gasteiger partial charge on any atom is 0.341 e. The van der Waals surface area contributed by atoms with Gasteiger partial charge >= 0.3 is 5.63 Å². The van der Waals surface area contributed by atoms with Gasteiger partial charge < -0.3 is 15.5 Å². The number of benzene rings is 1. The lowest BCUT2D eigenvalue weighted by atomic mass is 10.2. The fourth-order valence-corrected chi connectivity index (χ4v) is 1.57. The van der Waals surface area contributed by atoms with Gasteiger partial charge in [-0.05, 0) is 19.1 Å². The van der Waals surface area contributed by atoms with Gasteiger partial charge in [0.15, 0.2) is 0 Å². The third-order valence-electron chi connectivity index (χ3n) is 2.58. The average Bonchev–Trinajstić information content (AvgIpc) is 2.35. The number of nitrogens with one attached hydrogen (secondary N) is 1. The second kappa shape index (κ2) is 5.01. The van der Waals surface area contributed by atoms with E-state index in [1.54, 1.807) is 25.1 Å². The molecule has 0 aliphatic rings. The summed E-state index contributed by atoms with van der Waals surface area (Å²) in [5, 5.41) is 3.40. The van der Waals surface area contributed by atoms with Gasteiger partial charge in [-0.1, -0.05) is 18.2 Å². The second-order valence-corrected chi connectivity index (χ2v) is 4.10. The number of hydrogen-bond acceptors (Lipinski definition) is 4. The van der Waals surface area contributed by atoms with Crippen molar-refractivity contribution in [3.63, 3.8) is 0 Å². The van der Waals surface area contributed by atoms with Crippen LogP contribution in [-0.4, -0.2) is 11.9 Å². The highest BCUT2D eigenvalue weighted by Gasteiger charge is 2.09. The second-order valence-electron chi connectivity index (χ2n) is 4.10. The Bertz CT molecular complexity index is 631. The summed E-state index contributed by atoms with van der Waals surface area (Å²) in [6.45, 7) is 1.70. The van der Waals surface area contributed by atoms with E-state index in [4.69, 9.17) is 10.2 Å². The molecule has 0 saturated carbocycles. The van der Waals surface area contributed by atoms with Crippen molar-refractivity contribution < 1.29 is 9.21 Å². The molecular weight excluding hydrogens is 232 g/mol. The van der Waals surface area contributed by atoms with Crippen molar-refractivity contribution in [2.75, 3.05) is 0 Å². The number of hydrogen-bond donors (Lipinski definition) is 2. The predicted molar refractivity (Wildman–Crippen MR) is 68.0 cm³/mol. The summed E-state index contributed by atoms with van der Waals surface area (Å²) in [6.07, 6.45) is 0. The minimum Gasteiger partial charge on any atom is -0.422 e. The topological polar surface area (TPSA) is 85.3 Å². The molecule has 0 radical (unpaired) electrons. The molecule has 94 valence electrons. The van der Waals surface area contributed by atoms with Gasteiger partial charge in [0.1, 0.15) is 5.58 Å². The van der Waals surface area contributed by atoms with Crippen LogP contribution in [0.2, 0.25) is 0 Å². The van der Waals surface area contributed by atoms with Gasteiger partial charge in [-0.3, -0.25) is 4.79 Å². The lowest BCUT2D eigenvalue weighted by Crippen LogP contribution is -2.38. The minimum atomic E-state index is -0.600. The van der Waals surface area contributed by atoms with Gasteiger partial charge in [-0.15, -0.1) is 0 Å². The highest BCUT2D eigenvalue weighted by Crippen LogP contribution is 2.12. The summed E-state index contributed by atoms with van der Waals surface area (Å²) in [5.74, 6) is -0.303. The minimum absolute atomic E-state index is 0.119. The predicted octanol–water partition coefficient (Wildman–Crippen LogP) is 0.756. The SMILES string of the molecule is CC(N)C(=O)NCc1cc2ccccc2oc1=O. The molecule has 2 aromatic rings. The van der Waals surface area contributed by atoms with Crippen molar-refractivity contribution in [1.82, 2.24) is 5.32 Å². The number of fused-ring (bicyclic) bond motifs is 1. The summed E-state index contributed by atoms with van der Waals surface area (Å²) >= 11 is 0. The van der Waals surface area contributed by atoms with Crippen molar-refractivity contribution in [3.05, 3.63) is 46.3 Å². The smallest absolute Gasteiger partial charge is 0.341 e. The lowest BCUT2D eigenvalue weighted by Gasteiger charge is -2.07. The van der Waals surface area contributed by atoms with Crippen molar-refractivity contribution in [2.45, 2.75) is 19.5 Å². The molecule has 1 aromatic heterocycles. The van der Waals surface area contributed by atoms with Gasteiger partial charge in [0.05, 0.1) is 18.2 Å². The van der Waals surface area contributed by atoms with Crippen molar-refractivity contribution in [3.8, 4) is 0 Å². The third-order valence-corrected chi connectivity index (χ3v) is 2.58. The van der Waals surface area contributed by atoms with Crippen LogP contribution in [0.15, 0.2) is 39.5 Å². The molecule has 0 aliphatic carbocycles. The number of para-hydroxylation sites is 1. The van der Waals surface area contributed by atoms with Crippen molar-refractivity contribution >= 4 is 16.9 Å². The molecule has 0 spiro atoms. The summed E-state index contributed by atoms with van der Waals surface area (Å²) in [5.41, 5.74) is 5.91. The van der Waals surface area contributed by atoms with E-state index in [2.05, 4.69) is 5.32 Å². The van der Waals surface area contributed by atoms with E-state index in [-0.39, 0.29) is 12.5 Å². The van der Waals surface area contributed by atoms with Crippen LogP contribution < -0.4 is 16.7 Å². The molecule has 18 heavy (non-hydrogen) atoms. The molecule has 0 fully saturated rings. The Morgan fingerprint density at radius 3 is 2.89 bits per heavy atom. The largest absolute Gasteiger partial charge is 0.422 e. The standard InChI is InChI=1S/C13H14N2O3/c1-8(14)12(16)15-7-10-6-9-4-2-3-5-11(9)18-13(10)17/h2-6,8H,7,14H2,1H3,(H,15,16). The maximum atomic E-state index is 11.7. The molecule has 1 heterocycles. The number of nitrogens with two attached hydrogens (primary N) is 1. The zero-order valence-corrected chi connectivity index (χ0v) is 9.97. The van der Waals surface area contributed by atoms with E-state index in [0.29, 0.717) is 11.1 Å². The first-order valence-corrected chi connectivity index (χ1v) is 5.63. The molecule has 3 N–H and O–H groups in total. The Morgan fingerprint density at radius 1 is 1.44 bits per heavy atom. The van der Waals surface area contributed by atoms with Crippen LogP contribution in [0.3, 0.4) is 0 Å². The molecule has 0 bridgehead atoms. The van der Waals surface area contributed by atoms with Gasteiger partial charge in [0.25, 0.3) is 0 Å². The molecular formula is C13H14N2O3. The monoisotopic (exact) mass is 246 g/mol. The average molecular weight is 246 g/mol. The normalized spacial score (nSPS) is 12.3. The zero-order valence-electron chi connectivity index (χ0n) is 9.97. The summed E-state index contributed by atoms with van der Waals surface area (Å²) < 4.78 is 5.15. The van der Waals surface area contributed by atoms with E-state index in [0.717, 1.165) is 5.39 Å². The van der Waals surface area contributed by atoms with Crippen LogP contribution >= 0.6 is 0 Å². The Balaban J connectivity index is 2.26. The molecule has 1 unspecified atom stereocenters. The van der Waals surface area contributed by atoms with Crippen molar-refractivity contribution in [2.24, 2.45) is 5.73 Å². The molecule has 2 rings (SSSR count). The Hall–Kier alpha value is -2.14. The van der Waals surface area contributed by atoms with E-state index in [1.165, 1.54) is 0 Å². The van der Waals surface area contributed by atoms with E-state index in [1.807, 2.05) is 12.1 Å². The number of rotatable bonds is 3. The van der Waals surface area contributed by atoms with E-state index in [9.17, 15) is 9.59 Å². The lowest BCUT2D eigenvalue weighted by molar-refractivity contribution is -0.122. The van der Waals surface area contributed by atoms with Gasteiger partial charge in [-0.25, -0.2) is 4.79 Å². The van der Waals surface area contributed by atoms with Gasteiger partial charge in [0, 0.05) is 5.39 Å². The first-order chi connectivity index (χ1) is 8.58.